The van der Waals surface area contributed by atoms with Gasteiger partial charge in [0.15, 0.2) is 10.9 Å². The molecule has 0 N–H and O–H groups in total. The van der Waals surface area contributed by atoms with Gasteiger partial charge in [0, 0.05) is 57.4 Å². The molecule has 1 aromatic carbocycles. The van der Waals surface area contributed by atoms with Crippen molar-refractivity contribution >= 4 is 39.2 Å². The van der Waals surface area contributed by atoms with Gasteiger partial charge in [-0.05, 0) is 70.5 Å². The number of aromatic nitrogens is 2. The van der Waals surface area contributed by atoms with Crippen LogP contribution in [0.4, 0.5) is 9.93 Å². The second-order valence-corrected chi connectivity index (χ2v) is 12.9. The van der Waals surface area contributed by atoms with E-state index in [1.54, 1.807) is 10.8 Å². The van der Waals surface area contributed by atoms with Crippen molar-refractivity contribution in [2.75, 3.05) is 51.3 Å². The van der Waals surface area contributed by atoms with Crippen LogP contribution < -0.4 is 4.90 Å². The fourth-order valence-electron chi connectivity index (χ4n) is 5.63. The lowest BCUT2D eigenvalue weighted by Crippen LogP contribution is -2.44. The molecule has 2 fully saturated rings. The van der Waals surface area contributed by atoms with Crippen molar-refractivity contribution in [1.82, 2.24) is 14.5 Å². The van der Waals surface area contributed by atoms with Crippen LogP contribution in [0.15, 0.2) is 36.7 Å². The molecule has 8 nitrogen and oxygen atoms in total. The number of ether oxygens (including phenoxy) is 2. The summed E-state index contributed by atoms with van der Waals surface area (Å²) in [6, 6.07) is 7.94. The number of hydrogen-bond acceptors (Lipinski definition) is 8. The van der Waals surface area contributed by atoms with Crippen molar-refractivity contribution in [3.63, 3.8) is 0 Å². The molecule has 1 unspecified atom stereocenters. The van der Waals surface area contributed by atoms with E-state index < -0.39 is 5.60 Å². The van der Waals surface area contributed by atoms with Crippen molar-refractivity contribution in [3.05, 3.63) is 47.1 Å². The molecule has 0 bridgehead atoms. The Morgan fingerprint density at radius 2 is 1.85 bits per heavy atom. The van der Waals surface area contributed by atoms with Gasteiger partial charge >= 0.3 is 6.09 Å². The monoisotopic (exact) mass is 552 g/mol. The molecule has 4 heterocycles. The number of ketones is 1. The van der Waals surface area contributed by atoms with E-state index in [1.807, 2.05) is 45.2 Å². The molecular weight excluding hydrogens is 512 g/mol. The van der Waals surface area contributed by atoms with E-state index in [0.29, 0.717) is 12.3 Å². The first-order valence-electron chi connectivity index (χ1n) is 14.0. The second kappa shape index (κ2) is 11.8. The average molecular weight is 553 g/mol. The highest BCUT2D eigenvalue weighted by atomic mass is 32.1. The fraction of sp³-hybridized carbons (Fsp3) is 0.567. The van der Waals surface area contributed by atoms with Gasteiger partial charge in [-0.3, -0.25) is 9.36 Å². The minimum atomic E-state index is -0.586. The summed E-state index contributed by atoms with van der Waals surface area (Å²) in [5.41, 5.74) is 1.32. The third-order valence-electron chi connectivity index (χ3n) is 7.79. The first-order chi connectivity index (χ1) is 18.7. The summed E-state index contributed by atoms with van der Waals surface area (Å²) in [6.45, 7) is 11.0. The van der Waals surface area contributed by atoms with E-state index >= 15 is 0 Å². The van der Waals surface area contributed by atoms with Gasteiger partial charge in [-0.2, -0.15) is 0 Å². The van der Waals surface area contributed by atoms with E-state index in [0.717, 1.165) is 85.1 Å². The number of anilines is 1. The zero-order chi connectivity index (χ0) is 27.6. The highest BCUT2D eigenvalue weighted by molar-refractivity contribution is 7.17. The maximum absolute atomic E-state index is 13.6. The van der Waals surface area contributed by atoms with Crippen LogP contribution in [0.5, 0.6) is 0 Å². The summed E-state index contributed by atoms with van der Waals surface area (Å²) in [5.74, 6) is 0.685. The number of fused-ring (bicyclic) bond motifs is 1. The lowest BCUT2D eigenvalue weighted by molar-refractivity contribution is 0.0438. The smallest absolute Gasteiger partial charge is 0.419 e. The maximum atomic E-state index is 13.6. The normalized spacial score (nSPS) is 18.4. The van der Waals surface area contributed by atoms with Crippen LogP contribution in [-0.2, 0) is 15.9 Å². The molecule has 5 rings (SSSR count). The van der Waals surface area contributed by atoms with Crippen molar-refractivity contribution in [2.45, 2.75) is 52.1 Å². The topological polar surface area (TPSA) is 76.9 Å². The van der Waals surface area contributed by atoms with E-state index in [2.05, 4.69) is 27.9 Å². The Kier molecular flexibility index (Phi) is 8.40. The van der Waals surface area contributed by atoms with Crippen molar-refractivity contribution in [2.24, 2.45) is 11.8 Å². The predicted octanol–water partition coefficient (Wildman–Crippen LogP) is 5.49. The molecule has 0 aliphatic carbocycles. The molecule has 2 aliphatic heterocycles. The average Bonchev–Trinajstić information content (AvgIpc) is 3.54. The SMILES string of the molecule is CN1CCN(c2ncc(C(=O)CC(Cc3cn(C(=O)OC(C)(C)C)c4ccccc34)C3CCOCC3)s2)CC1. The van der Waals surface area contributed by atoms with Crippen LogP contribution in [0.25, 0.3) is 10.9 Å². The lowest BCUT2D eigenvalue weighted by Gasteiger charge is -2.32. The number of Topliss-reactive ketones (excluding diaryl/α,β-unsaturated/α-hetero) is 1. The third kappa shape index (κ3) is 6.70. The Bertz CT molecular complexity index is 1300. The lowest BCUT2D eigenvalue weighted by atomic mass is 9.79. The van der Waals surface area contributed by atoms with Gasteiger partial charge in [0.2, 0.25) is 0 Å². The molecule has 3 aromatic rings. The number of thiazole rings is 1. The molecule has 0 spiro atoms. The number of piperazine rings is 1. The molecule has 210 valence electrons. The van der Waals surface area contributed by atoms with Gasteiger partial charge in [0.25, 0.3) is 0 Å². The van der Waals surface area contributed by atoms with E-state index in [-0.39, 0.29) is 17.8 Å². The van der Waals surface area contributed by atoms with Gasteiger partial charge in [-0.15, -0.1) is 0 Å². The van der Waals surface area contributed by atoms with Crippen LogP contribution in [0.1, 0.15) is 55.3 Å². The molecule has 1 atom stereocenters. The molecule has 9 heteroatoms. The van der Waals surface area contributed by atoms with Crippen LogP contribution in [0.2, 0.25) is 0 Å². The summed E-state index contributed by atoms with van der Waals surface area (Å²) >= 11 is 1.52. The Hall–Kier alpha value is -2.75. The molecule has 2 aromatic heterocycles. The van der Waals surface area contributed by atoms with Gasteiger partial charge in [0.05, 0.1) is 16.6 Å². The minimum absolute atomic E-state index is 0.147. The third-order valence-corrected chi connectivity index (χ3v) is 8.89. The molecule has 0 radical (unpaired) electrons. The summed E-state index contributed by atoms with van der Waals surface area (Å²) < 4.78 is 13.0. The number of hydrogen-bond donors (Lipinski definition) is 0. The summed E-state index contributed by atoms with van der Waals surface area (Å²) in [5, 5.41) is 1.97. The summed E-state index contributed by atoms with van der Waals surface area (Å²) in [7, 11) is 2.13. The molecular formula is C30H40N4O4S. The number of nitrogens with zero attached hydrogens (tertiary/aromatic N) is 4. The van der Waals surface area contributed by atoms with Gasteiger partial charge in [-0.1, -0.05) is 29.5 Å². The largest absolute Gasteiger partial charge is 0.443 e. The molecule has 0 amide bonds. The number of rotatable bonds is 7. The van der Waals surface area contributed by atoms with E-state index in [1.165, 1.54) is 11.3 Å². The quantitative estimate of drug-likeness (QED) is 0.359. The zero-order valence-corrected chi connectivity index (χ0v) is 24.3. The summed E-state index contributed by atoms with van der Waals surface area (Å²) in [6.07, 6.45) is 6.35. The molecule has 2 aliphatic rings. The Labute approximate surface area is 234 Å². The standard InChI is InChI=1S/C30H40N4O4S/c1-30(2,3)38-29(36)34-20-23(24-7-5-6-8-25(24)34)17-22(21-9-15-37-16-10-21)18-26(35)27-19-31-28(39-27)33-13-11-32(4)12-14-33/h5-8,19-22H,9-18H2,1-4H3. The Morgan fingerprint density at radius 3 is 2.56 bits per heavy atom. The first-order valence-corrected chi connectivity index (χ1v) is 14.8. The molecule has 2 saturated heterocycles. The zero-order valence-electron chi connectivity index (χ0n) is 23.5. The maximum Gasteiger partial charge on any atom is 0.419 e. The van der Waals surface area contributed by atoms with E-state index in [9.17, 15) is 9.59 Å². The van der Waals surface area contributed by atoms with Crippen molar-refractivity contribution < 1.29 is 19.1 Å². The predicted molar refractivity (Wildman–Crippen MR) is 155 cm³/mol. The Balaban J connectivity index is 1.37. The second-order valence-electron chi connectivity index (χ2n) is 11.9. The highest BCUT2D eigenvalue weighted by Crippen LogP contribution is 2.35. The van der Waals surface area contributed by atoms with E-state index in [4.69, 9.17) is 9.47 Å². The van der Waals surface area contributed by atoms with Crippen LogP contribution in [-0.4, -0.2) is 78.4 Å². The molecule has 0 saturated carbocycles. The van der Waals surface area contributed by atoms with Crippen LogP contribution in [0.3, 0.4) is 0 Å². The fourth-order valence-corrected chi connectivity index (χ4v) is 6.54. The summed E-state index contributed by atoms with van der Waals surface area (Å²) in [4.78, 5) is 36.6. The van der Waals surface area contributed by atoms with Crippen molar-refractivity contribution in [3.8, 4) is 0 Å². The van der Waals surface area contributed by atoms with Crippen LogP contribution in [0, 0.1) is 11.8 Å². The van der Waals surface area contributed by atoms with Crippen LogP contribution >= 0.6 is 11.3 Å². The number of para-hydroxylation sites is 1. The van der Waals surface area contributed by atoms with Gasteiger partial charge in [0.1, 0.15) is 5.60 Å². The van der Waals surface area contributed by atoms with Crippen molar-refractivity contribution in [1.29, 1.82) is 0 Å². The minimum Gasteiger partial charge on any atom is -0.443 e. The highest BCUT2D eigenvalue weighted by Gasteiger charge is 2.30. The van der Waals surface area contributed by atoms with Gasteiger partial charge < -0.3 is 19.3 Å². The molecule has 39 heavy (non-hydrogen) atoms. The Morgan fingerprint density at radius 1 is 1.13 bits per heavy atom. The number of benzene rings is 1. The number of carbonyl (C=O) groups is 2. The number of carbonyl (C=O) groups excluding carboxylic acids is 2. The first kappa shape index (κ1) is 27.8. The number of likely N-dealkylation sites (N-methyl/N-ethyl adjacent to an activating group) is 1. The van der Waals surface area contributed by atoms with Gasteiger partial charge in [-0.25, -0.2) is 9.78 Å².